The van der Waals surface area contributed by atoms with Crippen LogP contribution in [0, 0.1) is 5.82 Å². The molecule has 0 radical (unpaired) electrons. The van der Waals surface area contributed by atoms with E-state index in [0.717, 1.165) is 28.2 Å². The van der Waals surface area contributed by atoms with E-state index in [4.69, 9.17) is 14.6 Å². The molecular weight excluding hydrogens is 433 g/mol. The van der Waals surface area contributed by atoms with Crippen molar-refractivity contribution in [2.24, 2.45) is 0 Å². The van der Waals surface area contributed by atoms with Gasteiger partial charge in [0.2, 0.25) is 10.0 Å². The average molecular weight is 458 g/mol. The van der Waals surface area contributed by atoms with Gasteiger partial charge in [-0.3, -0.25) is 0 Å². The largest absolute Gasteiger partial charge is 0.377 e. The molecule has 0 unspecified atom stereocenters. The van der Waals surface area contributed by atoms with Crippen LogP contribution in [0.2, 0.25) is 0 Å². The highest BCUT2D eigenvalue weighted by molar-refractivity contribution is 7.89. The van der Waals surface area contributed by atoms with Crippen LogP contribution in [0.5, 0.6) is 0 Å². The first-order valence-electron chi connectivity index (χ1n) is 10.4. The highest BCUT2D eigenvalue weighted by atomic mass is 32.2. The zero-order valence-corrected chi connectivity index (χ0v) is 18.7. The van der Waals surface area contributed by atoms with Crippen LogP contribution in [0.15, 0.2) is 53.4 Å². The van der Waals surface area contributed by atoms with Crippen LogP contribution >= 0.6 is 0 Å². The number of sulfonamides is 1. The molecule has 1 N–H and O–H groups in total. The molecule has 1 saturated heterocycles. The van der Waals surface area contributed by atoms with Gasteiger partial charge in [-0.15, -0.1) is 0 Å². The monoisotopic (exact) mass is 457 g/mol. The summed E-state index contributed by atoms with van der Waals surface area (Å²) in [7, 11) is -3.66. The Morgan fingerprint density at radius 2 is 1.81 bits per heavy atom. The van der Waals surface area contributed by atoms with Gasteiger partial charge in [0.05, 0.1) is 53.4 Å². The van der Waals surface area contributed by atoms with E-state index in [1.165, 1.54) is 12.1 Å². The first-order chi connectivity index (χ1) is 15.2. The first-order valence-corrected chi connectivity index (χ1v) is 11.9. The minimum atomic E-state index is -3.66. The smallest absolute Gasteiger partial charge is 0.241 e. The molecule has 168 valence electrons. The number of aromatic nitrogens is 2. The van der Waals surface area contributed by atoms with Gasteiger partial charge in [0.15, 0.2) is 0 Å². The van der Waals surface area contributed by atoms with Crippen molar-refractivity contribution in [1.82, 2.24) is 14.5 Å². The molecule has 5 rings (SSSR count). The number of hydrogen-bond acceptors (Lipinski definition) is 5. The normalized spacial score (nSPS) is 19.9. The molecule has 0 spiro atoms. The molecule has 9 heteroatoms. The number of nitrogens with one attached hydrogen (secondary N) is 1. The van der Waals surface area contributed by atoms with Gasteiger partial charge in [-0.1, -0.05) is 12.1 Å². The second-order valence-corrected chi connectivity index (χ2v) is 10.4. The van der Waals surface area contributed by atoms with Gasteiger partial charge in [-0.2, -0.15) is 5.10 Å². The summed E-state index contributed by atoms with van der Waals surface area (Å²) < 4.78 is 54.4. The molecule has 3 aromatic rings. The van der Waals surface area contributed by atoms with Crippen molar-refractivity contribution in [2.75, 3.05) is 13.2 Å². The molecule has 0 amide bonds. The molecule has 1 aromatic heterocycles. The molecule has 2 aromatic carbocycles. The molecule has 32 heavy (non-hydrogen) atoms. The zero-order chi connectivity index (χ0) is 22.5. The predicted octanol–water partition coefficient (Wildman–Crippen LogP) is 3.21. The van der Waals surface area contributed by atoms with Crippen molar-refractivity contribution in [1.29, 1.82) is 0 Å². The number of nitrogens with zero attached hydrogens (tertiary/aromatic N) is 2. The quantitative estimate of drug-likeness (QED) is 0.636. The standard InChI is InChI=1S/C23H24FN3O4S/c1-15-11-21-20(12-31-15)22(25-27(21)18-7-5-17(24)6-8-18)16-3-9-19(10-4-16)32(28,29)26-23(2)13-30-14-23/h3-10,15,26H,11-14H2,1-2H3/t15-/m0/s1. The third-order valence-electron chi connectivity index (χ3n) is 5.81. The van der Waals surface area contributed by atoms with Crippen LogP contribution in [0.4, 0.5) is 4.39 Å². The van der Waals surface area contributed by atoms with Crippen molar-refractivity contribution in [3.05, 3.63) is 65.6 Å². The Morgan fingerprint density at radius 1 is 1.12 bits per heavy atom. The fraction of sp³-hybridized carbons (Fsp3) is 0.348. The fourth-order valence-corrected chi connectivity index (χ4v) is 5.45. The zero-order valence-electron chi connectivity index (χ0n) is 17.8. The minimum Gasteiger partial charge on any atom is -0.377 e. The van der Waals surface area contributed by atoms with Gasteiger partial charge in [-0.05, 0) is 50.2 Å². The van der Waals surface area contributed by atoms with Gasteiger partial charge < -0.3 is 9.47 Å². The molecule has 0 aliphatic carbocycles. The van der Waals surface area contributed by atoms with E-state index < -0.39 is 15.6 Å². The summed E-state index contributed by atoms with van der Waals surface area (Å²) in [6.07, 6.45) is 0.721. The van der Waals surface area contributed by atoms with E-state index in [1.807, 2.05) is 18.5 Å². The third-order valence-corrected chi connectivity index (χ3v) is 7.47. The van der Waals surface area contributed by atoms with Gasteiger partial charge in [0, 0.05) is 17.5 Å². The maximum atomic E-state index is 13.4. The van der Waals surface area contributed by atoms with E-state index in [2.05, 4.69) is 4.72 Å². The number of rotatable bonds is 5. The molecule has 2 aliphatic heterocycles. The van der Waals surface area contributed by atoms with Crippen LogP contribution in [0.1, 0.15) is 25.1 Å². The lowest BCUT2D eigenvalue weighted by Gasteiger charge is -2.38. The molecule has 2 aliphatic rings. The van der Waals surface area contributed by atoms with Crippen LogP contribution in [-0.4, -0.2) is 43.1 Å². The molecule has 0 bridgehead atoms. The molecular formula is C23H24FN3O4S. The lowest BCUT2D eigenvalue weighted by molar-refractivity contribution is -0.0523. The first kappa shape index (κ1) is 21.3. The Balaban J connectivity index is 1.51. The Morgan fingerprint density at radius 3 is 2.44 bits per heavy atom. The summed E-state index contributed by atoms with van der Waals surface area (Å²) >= 11 is 0. The molecule has 3 heterocycles. The summed E-state index contributed by atoms with van der Waals surface area (Å²) in [5.41, 5.74) is 3.69. The number of fused-ring (bicyclic) bond motifs is 1. The number of benzene rings is 2. The second-order valence-electron chi connectivity index (χ2n) is 8.67. The highest BCUT2D eigenvalue weighted by Gasteiger charge is 2.37. The van der Waals surface area contributed by atoms with Crippen molar-refractivity contribution < 1.29 is 22.3 Å². The van der Waals surface area contributed by atoms with E-state index in [0.29, 0.717) is 26.2 Å². The fourth-order valence-electron chi connectivity index (χ4n) is 4.07. The average Bonchev–Trinajstić information content (AvgIpc) is 3.11. The van der Waals surface area contributed by atoms with E-state index >= 15 is 0 Å². The Labute approximate surface area is 186 Å². The van der Waals surface area contributed by atoms with Crippen LogP contribution in [-0.2, 0) is 32.5 Å². The molecule has 7 nitrogen and oxygen atoms in total. The van der Waals surface area contributed by atoms with E-state index in [1.54, 1.807) is 36.4 Å². The third kappa shape index (κ3) is 3.86. The topological polar surface area (TPSA) is 82.5 Å². The highest BCUT2D eigenvalue weighted by Crippen LogP contribution is 2.33. The van der Waals surface area contributed by atoms with Crippen LogP contribution in [0.3, 0.4) is 0 Å². The van der Waals surface area contributed by atoms with Gasteiger partial charge in [-0.25, -0.2) is 22.2 Å². The number of halogens is 1. The summed E-state index contributed by atoms with van der Waals surface area (Å²) in [5, 5.41) is 4.80. The van der Waals surface area contributed by atoms with Crippen molar-refractivity contribution in [2.45, 2.75) is 43.4 Å². The number of ether oxygens (including phenoxy) is 2. The summed E-state index contributed by atoms with van der Waals surface area (Å²) in [6, 6.07) is 12.9. The van der Waals surface area contributed by atoms with Crippen molar-refractivity contribution >= 4 is 10.0 Å². The molecule has 1 atom stereocenters. The molecule has 0 saturated carbocycles. The van der Waals surface area contributed by atoms with Crippen LogP contribution < -0.4 is 4.72 Å². The lowest BCUT2D eigenvalue weighted by atomic mass is 10.0. The Kier molecular flexibility index (Phi) is 5.16. The number of hydrogen-bond donors (Lipinski definition) is 1. The maximum absolute atomic E-state index is 13.4. The van der Waals surface area contributed by atoms with Gasteiger partial charge in [0.1, 0.15) is 5.82 Å². The predicted molar refractivity (Wildman–Crippen MR) is 116 cm³/mol. The summed E-state index contributed by atoms with van der Waals surface area (Å²) in [6.45, 7) is 4.95. The van der Waals surface area contributed by atoms with Crippen molar-refractivity contribution in [3.63, 3.8) is 0 Å². The van der Waals surface area contributed by atoms with Gasteiger partial charge in [0.25, 0.3) is 0 Å². The summed E-state index contributed by atoms with van der Waals surface area (Å²) in [5.74, 6) is -0.306. The second kappa shape index (κ2) is 7.77. The lowest BCUT2D eigenvalue weighted by Crippen LogP contribution is -2.59. The van der Waals surface area contributed by atoms with Crippen molar-refractivity contribution in [3.8, 4) is 16.9 Å². The minimum absolute atomic E-state index is 0.0432. The summed E-state index contributed by atoms with van der Waals surface area (Å²) in [4.78, 5) is 0.186. The van der Waals surface area contributed by atoms with Crippen LogP contribution in [0.25, 0.3) is 16.9 Å². The Hall–Kier alpha value is -2.59. The maximum Gasteiger partial charge on any atom is 0.241 e. The van der Waals surface area contributed by atoms with Gasteiger partial charge >= 0.3 is 0 Å². The van der Waals surface area contributed by atoms with E-state index in [-0.39, 0.29) is 16.8 Å². The molecule has 1 fully saturated rings. The van der Waals surface area contributed by atoms with E-state index in [9.17, 15) is 12.8 Å². The SMILES string of the molecule is C[C@H]1Cc2c(c(-c3ccc(S(=O)(=O)NC4(C)COC4)cc3)nn2-c2ccc(F)cc2)CO1. The Bertz CT molecular complexity index is 1250.